The molecule has 8 nitrogen and oxygen atoms in total. The number of imidazole rings is 1. The van der Waals surface area contributed by atoms with Gasteiger partial charge in [0, 0.05) is 32.1 Å². The number of amides is 1. The number of ether oxygens (including phenoxy) is 1. The Labute approximate surface area is 213 Å². The lowest BCUT2D eigenvalue weighted by molar-refractivity contribution is 0.0871. The highest BCUT2D eigenvalue weighted by Crippen LogP contribution is 2.44. The zero-order valence-corrected chi connectivity index (χ0v) is 20.8. The number of carbonyl (C=O) groups is 1. The van der Waals surface area contributed by atoms with E-state index in [2.05, 4.69) is 34.2 Å². The van der Waals surface area contributed by atoms with Crippen molar-refractivity contribution in [1.29, 1.82) is 0 Å². The van der Waals surface area contributed by atoms with Crippen molar-refractivity contribution in [1.82, 2.24) is 19.2 Å². The van der Waals surface area contributed by atoms with Crippen molar-refractivity contribution in [2.45, 2.75) is 10.8 Å². The van der Waals surface area contributed by atoms with Gasteiger partial charge in [-0.3, -0.25) is 0 Å². The van der Waals surface area contributed by atoms with Gasteiger partial charge in [-0.15, -0.1) is 0 Å². The molecule has 2 aliphatic rings. The van der Waals surface area contributed by atoms with Gasteiger partial charge in [-0.25, -0.2) is 18.2 Å². The number of carbonyl (C=O) groups excluding carboxylic acids is 1. The Hall–Kier alpha value is -3.40. The van der Waals surface area contributed by atoms with Gasteiger partial charge in [-0.05, 0) is 52.1 Å². The molecule has 184 valence electrons. The van der Waals surface area contributed by atoms with E-state index >= 15 is 0 Å². The van der Waals surface area contributed by atoms with Gasteiger partial charge in [-0.1, -0.05) is 48.5 Å². The molecule has 2 heterocycles. The van der Waals surface area contributed by atoms with Crippen LogP contribution in [0.3, 0.4) is 0 Å². The zero-order chi connectivity index (χ0) is 24.9. The van der Waals surface area contributed by atoms with Crippen molar-refractivity contribution in [3.8, 4) is 11.1 Å². The lowest BCUT2D eigenvalue weighted by Crippen LogP contribution is -2.50. The van der Waals surface area contributed by atoms with Crippen molar-refractivity contribution in [2.75, 3.05) is 32.8 Å². The predicted octanol–water partition coefficient (Wildman–Crippen LogP) is 4.47. The highest BCUT2D eigenvalue weighted by Gasteiger charge is 2.33. The molecule has 0 saturated carbocycles. The molecule has 0 bridgehead atoms. The molecule has 1 N–H and O–H groups in total. The van der Waals surface area contributed by atoms with E-state index in [9.17, 15) is 13.2 Å². The number of hydrogen-bond donors (Lipinski definition) is 1. The van der Waals surface area contributed by atoms with E-state index in [4.69, 9.17) is 16.3 Å². The fourth-order valence-electron chi connectivity index (χ4n) is 5.06. The minimum absolute atomic E-state index is 0.0195. The van der Waals surface area contributed by atoms with Crippen molar-refractivity contribution >= 4 is 38.8 Å². The number of hydrogen-bond acceptors (Lipinski definition) is 5. The molecule has 0 spiro atoms. The number of halogens is 1. The first-order chi connectivity index (χ1) is 17.4. The first kappa shape index (κ1) is 23.0. The third-order valence-corrected chi connectivity index (χ3v) is 8.97. The molecule has 1 aliphatic carbocycles. The number of fused-ring (bicyclic) bond motifs is 4. The number of sulfonamides is 1. The Bertz CT molecular complexity index is 1530. The topological polar surface area (TPSA) is 95.6 Å². The van der Waals surface area contributed by atoms with Gasteiger partial charge >= 0.3 is 6.09 Å². The molecule has 0 atom stereocenters. The van der Waals surface area contributed by atoms with Gasteiger partial charge in [0.1, 0.15) is 6.61 Å². The summed E-state index contributed by atoms with van der Waals surface area (Å²) in [6.45, 7) is 1.13. The minimum Gasteiger partial charge on any atom is -0.448 e. The SMILES string of the molecule is O=C(OCC1c2ccccc2-c2ccccc21)N1CCN(S(=O)(=O)c2ccc3nc(Cl)[nH]c3c2)CC1. The third kappa shape index (κ3) is 3.93. The van der Waals surface area contributed by atoms with Crippen molar-refractivity contribution in [3.63, 3.8) is 0 Å². The number of rotatable bonds is 4. The first-order valence-corrected chi connectivity index (χ1v) is 13.5. The Balaban J connectivity index is 1.10. The van der Waals surface area contributed by atoms with Crippen LogP contribution in [0, 0.1) is 0 Å². The van der Waals surface area contributed by atoms with Crippen molar-refractivity contribution in [2.24, 2.45) is 0 Å². The smallest absolute Gasteiger partial charge is 0.409 e. The van der Waals surface area contributed by atoms with Crippen LogP contribution in [0.2, 0.25) is 5.28 Å². The van der Waals surface area contributed by atoms with Crippen LogP contribution in [-0.2, 0) is 14.8 Å². The summed E-state index contributed by atoms with van der Waals surface area (Å²) in [7, 11) is -3.72. The fourth-order valence-corrected chi connectivity index (χ4v) is 6.71. The molecule has 10 heteroatoms. The summed E-state index contributed by atoms with van der Waals surface area (Å²) < 4.78 is 33.5. The summed E-state index contributed by atoms with van der Waals surface area (Å²) >= 11 is 5.89. The van der Waals surface area contributed by atoms with Gasteiger partial charge in [0.15, 0.2) is 0 Å². The Morgan fingerprint density at radius 3 is 2.28 bits per heavy atom. The van der Waals surface area contributed by atoms with Crippen LogP contribution in [-0.4, -0.2) is 66.5 Å². The van der Waals surface area contributed by atoms with Gasteiger partial charge in [0.25, 0.3) is 0 Å². The molecule has 0 unspecified atom stereocenters. The van der Waals surface area contributed by atoms with E-state index in [1.165, 1.54) is 27.6 Å². The summed E-state index contributed by atoms with van der Waals surface area (Å²) in [5, 5.41) is 0.205. The number of aromatic amines is 1. The average Bonchev–Trinajstić information content (AvgIpc) is 3.43. The second kappa shape index (κ2) is 8.92. The molecule has 1 aliphatic heterocycles. The Morgan fingerprint density at radius 1 is 0.972 bits per heavy atom. The second-order valence-corrected chi connectivity index (χ2v) is 11.2. The molecule has 6 rings (SSSR count). The van der Waals surface area contributed by atoms with E-state index in [0.717, 1.165) is 11.1 Å². The van der Waals surface area contributed by atoms with Gasteiger partial charge < -0.3 is 14.6 Å². The molecular weight excluding hydrogens is 500 g/mol. The van der Waals surface area contributed by atoms with E-state index in [-0.39, 0.29) is 48.9 Å². The maximum absolute atomic E-state index is 13.2. The standard InChI is InChI=1S/C26H23ClN4O4S/c27-25-28-23-10-9-17(15-24(23)29-25)36(33,34)31-13-11-30(12-14-31)26(32)35-16-22-20-7-3-1-5-18(20)19-6-2-4-8-21(19)22/h1-10,15,22H,11-14,16H2,(H,28,29). The number of aromatic nitrogens is 2. The second-order valence-electron chi connectivity index (χ2n) is 8.90. The molecule has 1 fully saturated rings. The van der Waals surface area contributed by atoms with Crippen LogP contribution in [0.15, 0.2) is 71.6 Å². The van der Waals surface area contributed by atoms with Gasteiger partial charge in [-0.2, -0.15) is 4.31 Å². The third-order valence-electron chi connectivity index (χ3n) is 6.90. The van der Waals surface area contributed by atoms with Crippen LogP contribution >= 0.6 is 11.6 Å². The highest BCUT2D eigenvalue weighted by molar-refractivity contribution is 7.89. The lowest BCUT2D eigenvalue weighted by Gasteiger charge is -2.33. The van der Waals surface area contributed by atoms with Gasteiger partial charge in [0.05, 0.1) is 15.9 Å². The minimum atomic E-state index is -3.72. The summed E-state index contributed by atoms with van der Waals surface area (Å²) in [6.07, 6.45) is -0.428. The van der Waals surface area contributed by atoms with Gasteiger partial charge in [0.2, 0.25) is 15.3 Å². The number of benzene rings is 3. The van der Waals surface area contributed by atoms with E-state index in [1.54, 1.807) is 11.0 Å². The molecule has 4 aromatic rings. The number of H-pyrrole nitrogens is 1. The molecular formula is C26H23ClN4O4S. The van der Waals surface area contributed by atoms with Crippen LogP contribution < -0.4 is 0 Å². The zero-order valence-electron chi connectivity index (χ0n) is 19.2. The normalized spacial score (nSPS) is 16.2. The Morgan fingerprint density at radius 2 is 1.61 bits per heavy atom. The average molecular weight is 523 g/mol. The van der Waals surface area contributed by atoms with Crippen LogP contribution in [0.5, 0.6) is 0 Å². The maximum Gasteiger partial charge on any atom is 0.409 e. The quantitative estimate of drug-likeness (QED) is 0.426. The lowest BCUT2D eigenvalue weighted by atomic mass is 9.98. The number of nitrogens with zero attached hydrogens (tertiary/aromatic N) is 3. The molecule has 3 aromatic carbocycles. The van der Waals surface area contributed by atoms with Crippen LogP contribution in [0.25, 0.3) is 22.2 Å². The molecule has 1 aromatic heterocycles. The summed E-state index contributed by atoms with van der Waals surface area (Å²) in [4.78, 5) is 21.5. The predicted molar refractivity (Wildman–Crippen MR) is 137 cm³/mol. The summed E-state index contributed by atoms with van der Waals surface area (Å²) in [5.41, 5.74) is 5.79. The Kier molecular flexibility index (Phi) is 5.70. The summed E-state index contributed by atoms with van der Waals surface area (Å²) in [5.74, 6) is -0.0195. The first-order valence-electron chi connectivity index (χ1n) is 11.7. The number of piperazine rings is 1. The van der Waals surface area contributed by atoms with Crippen molar-refractivity contribution in [3.05, 3.63) is 83.1 Å². The molecule has 0 radical (unpaired) electrons. The van der Waals surface area contributed by atoms with Crippen LogP contribution in [0.1, 0.15) is 17.0 Å². The van der Waals surface area contributed by atoms with E-state index < -0.39 is 16.1 Å². The highest BCUT2D eigenvalue weighted by atomic mass is 35.5. The fraction of sp³-hybridized carbons (Fsp3) is 0.231. The number of nitrogens with one attached hydrogen (secondary N) is 1. The monoisotopic (exact) mass is 522 g/mol. The van der Waals surface area contributed by atoms with E-state index in [1.807, 2.05) is 24.3 Å². The maximum atomic E-state index is 13.2. The largest absolute Gasteiger partial charge is 0.448 e. The van der Waals surface area contributed by atoms with E-state index in [0.29, 0.717) is 11.0 Å². The molecule has 1 saturated heterocycles. The van der Waals surface area contributed by atoms with Crippen LogP contribution in [0.4, 0.5) is 4.79 Å². The van der Waals surface area contributed by atoms with Crippen molar-refractivity contribution < 1.29 is 17.9 Å². The molecule has 36 heavy (non-hydrogen) atoms. The summed E-state index contributed by atoms with van der Waals surface area (Å²) in [6, 6.07) is 21.0. The molecule has 1 amide bonds.